The van der Waals surface area contributed by atoms with Crippen LogP contribution in [0.1, 0.15) is 6.92 Å². The van der Waals surface area contributed by atoms with Gasteiger partial charge < -0.3 is 14.5 Å². The highest BCUT2D eigenvalue weighted by Gasteiger charge is 2.40. The van der Waals surface area contributed by atoms with E-state index < -0.39 is 5.60 Å². The quantitative estimate of drug-likeness (QED) is 0.748. The second kappa shape index (κ2) is 4.89. The Hall–Kier alpha value is -1.69. The summed E-state index contributed by atoms with van der Waals surface area (Å²) in [7, 11) is 3.47. The molecule has 0 aliphatic carbocycles. The highest BCUT2D eigenvalue weighted by molar-refractivity contribution is 5.85. The Balaban J connectivity index is 2.16. The molecule has 1 aromatic rings. The minimum absolute atomic E-state index is 0.0314. The lowest BCUT2D eigenvalue weighted by Crippen LogP contribution is -2.58. The van der Waals surface area contributed by atoms with Gasteiger partial charge in [-0.3, -0.25) is 9.78 Å². The highest BCUT2D eigenvalue weighted by Crippen LogP contribution is 2.22. The number of aromatic nitrogens is 2. The summed E-state index contributed by atoms with van der Waals surface area (Å²) in [5.74, 6) is 0.745. The zero-order chi connectivity index (χ0) is 13.2. The van der Waals surface area contributed by atoms with Crippen molar-refractivity contribution in [3.05, 3.63) is 18.6 Å². The first kappa shape index (κ1) is 12.8. The van der Waals surface area contributed by atoms with Gasteiger partial charge in [-0.15, -0.1) is 0 Å². The molecule has 6 nitrogen and oxygen atoms in total. The molecule has 0 spiro atoms. The molecule has 98 valence electrons. The summed E-state index contributed by atoms with van der Waals surface area (Å²) >= 11 is 0. The molecule has 0 aromatic carbocycles. The summed E-state index contributed by atoms with van der Waals surface area (Å²) in [5, 5.41) is 0. The first-order valence-corrected chi connectivity index (χ1v) is 5.89. The zero-order valence-electron chi connectivity index (χ0n) is 11.0. The van der Waals surface area contributed by atoms with Crippen LogP contribution in [0, 0.1) is 0 Å². The van der Waals surface area contributed by atoms with Crippen LogP contribution in [0.15, 0.2) is 18.6 Å². The van der Waals surface area contributed by atoms with Gasteiger partial charge in [0.05, 0.1) is 19.3 Å². The second-order valence-electron chi connectivity index (χ2n) is 4.76. The maximum Gasteiger partial charge on any atom is 0.255 e. The number of morpholine rings is 1. The normalized spacial score (nSPS) is 23.8. The minimum Gasteiger partial charge on any atom is -0.362 e. The third-order valence-electron chi connectivity index (χ3n) is 3.01. The molecule has 0 N–H and O–H groups in total. The lowest BCUT2D eigenvalue weighted by Gasteiger charge is -2.40. The van der Waals surface area contributed by atoms with Crippen LogP contribution in [0.4, 0.5) is 5.82 Å². The highest BCUT2D eigenvalue weighted by atomic mass is 16.5. The van der Waals surface area contributed by atoms with Crippen molar-refractivity contribution in [3.8, 4) is 0 Å². The summed E-state index contributed by atoms with van der Waals surface area (Å²) < 4.78 is 5.66. The van der Waals surface area contributed by atoms with Crippen molar-refractivity contribution in [2.24, 2.45) is 0 Å². The molecule has 6 heteroatoms. The van der Waals surface area contributed by atoms with Crippen molar-refractivity contribution in [2.75, 3.05) is 38.7 Å². The van der Waals surface area contributed by atoms with E-state index in [0.29, 0.717) is 13.2 Å². The monoisotopic (exact) mass is 250 g/mol. The van der Waals surface area contributed by atoms with Crippen molar-refractivity contribution < 1.29 is 9.53 Å². The number of nitrogens with zero attached hydrogens (tertiary/aromatic N) is 4. The number of ether oxygens (including phenoxy) is 1. The topological polar surface area (TPSA) is 58.6 Å². The van der Waals surface area contributed by atoms with Gasteiger partial charge in [0.25, 0.3) is 5.91 Å². The van der Waals surface area contributed by atoms with Gasteiger partial charge in [-0.1, -0.05) is 0 Å². The van der Waals surface area contributed by atoms with Crippen LogP contribution in [-0.2, 0) is 9.53 Å². The largest absolute Gasteiger partial charge is 0.362 e. The summed E-state index contributed by atoms with van der Waals surface area (Å²) in [5.41, 5.74) is -0.820. The van der Waals surface area contributed by atoms with E-state index in [1.54, 1.807) is 37.6 Å². The molecule has 1 aliphatic rings. The number of carbonyl (C=O) groups is 1. The summed E-state index contributed by atoms with van der Waals surface area (Å²) in [6.45, 7) is 3.53. The van der Waals surface area contributed by atoms with Gasteiger partial charge in [0.15, 0.2) is 5.60 Å². The number of likely N-dealkylation sites (N-methyl/N-ethyl adjacent to an activating group) is 1. The number of hydrogen-bond acceptors (Lipinski definition) is 5. The van der Waals surface area contributed by atoms with E-state index in [4.69, 9.17) is 4.74 Å². The maximum absolute atomic E-state index is 12.1. The molecule has 18 heavy (non-hydrogen) atoms. The van der Waals surface area contributed by atoms with E-state index in [1.807, 2.05) is 11.8 Å². The first-order chi connectivity index (χ1) is 8.53. The fraction of sp³-hybridized carbons (Fsp3) is 0.583. The van der Waals surface area contributed by atoms with Gasteiger partial charge in [-0.25, -0.2) is 4.98 Å². The Labute approximate surface area is 107 Å². The van der Waals surface area contributed by atoms with Crippen molar-refractivity contribution in [1.82, 2.24) is 14.9 Å². The van der Waals surface area contributed by atoms with Crippen LogP contribution < -0.4 is 4.90 Å². The number of carbonyl (C=O) groups excluding carboxylic acids is 1. The molecule has 1 fully saturated rings. The molecule has 1 aliphatic heterocycles. The summed E-state index contributed by atoms with van der Waals surface area (Å²) in [4.78, 5) is 24.0. The van der Waals surface area contributed by atoms with Crippen molar-refractivity contribution in [1.29, 1.82) is 0 Å². The minimum atomic E-state index is -0.820. The standard InChI is InChI=1S/C12H18N4O2/c1-12(11(17)15(2)3)9-16(6-7-18-12)10-8-13-4-5-14-10/h4-5,8H,6-7,9H2,1-3H3. The SMILES string of the molecule is CN(C)C(=O)C1(C)CN(c2cnccn2)CCO1. The molecule has 0 saturated carbocycles. The Morgan fingerprint density at radius 2 is 2.28 bits per heavy atom. The van der Waals surface area contributed by atoms with Gasteiger partial charge in [0.1, 0.15) is 5.82 Å². The molecule has 1 atom stereocenters. The maximum atomic E-state index is 12.1. The Morgan fingerprint density at radius 1 is 1.50 bits per heavy atom. The molecule has 0 bridgehead atoms. The average Bonchev–Trinajstić information content (AvgIpc) is 2.39. The van der Waals surface area contributed by atoms with Crippen LogP contribution in [0.25, 0.3) is 0 Å². The number of rotatable bonds is 2. The predicted molar refractivity (Wildman–Crippen MR) is 67.3 cm³/mol. The molecule has 0 radical (unpaired) electrons. The molecule has 2 rings (SSSR count). The van der Waals surface area contributed by atoms with Crippen molar-refractivity contribution >= 4 is 11.7 Å². The Morgan fingerprint density at radius 3 is 2.89 bits per heavy atom. The fourth-order valence-corrected chi connectivity index (χ4v) is 2.12. The van der Waals surface area contributed by atoms with Gasteiger partial charge in [0, 0.05) is 33.0 Å². The number of hydrogen-bond donors (Lipinski definition) is 0. The van der Waals surface area contributed by atoms with E-state index in [0.717, 1.165) is 12.4 Å². The summed E-state index contributed by atoms with van der Waals surface area (Å²) in [6, 6.07) is 0. The van der Waals surface area contributed by atoms with Gasteiger partial charge in [-0.05, 0) is 6.92 Å². The third-order valence-corrected chi connectivity index (χ3v) is 3.01. The predicted octanol–water partition coefficient (Wildman–Crippen LogP) is 0.160. The van der Waals surface area contributed by atoms with E-state index in [9.17, 15) is 4.79 Å². The second-order valence-corrected chi connectivity index (χ2v) is 4.76. The first-order valence-electron chi connectivity index (χ1n) is 5.89. The lowest BCUT2D eigenvalue weighted by atomic mass is 10.0. The average molecular weight is 250 g/mol. The summed E-state index contributed by atoms with van der Waals surface area (Å²) in [6.07, 6.45) is 4.98. The molecule has 1 amide bonds. The molecular weight excluding hydrogens is 232 g/mol. The number of amides is 1. The van der Waals surface area contributed by atoms with Gasteiger partial charge >= 0.3 is 0 Å². The smallest absolute Gasteiger partial charge is 0.255 e. The van der Waals surface area contributed by atoms with E-state index >= 15 is 0 Å². The van der Waals surface area contributed by atoms with E-state index in [1.165, 1.54) is 0 Å². The van der Waals surface area contributed by atoms with Crippen LogP contribution in [0.5, 0.6) is 0 Å². The Bertz CT molecular complexity index is 423. The van der Waals surface area contributed by atoms with E-state index in [-0.39, 0.29) is 5.91 Å². The molecule has 1 unspecified atom stereocenters. The number of anilines is 1. The molecular formula is C12H18N4O2. The molecule has 1 saturated heterocycles. The van der Waals surface area contributed by atoms with Gasteiger partial charge in [-0.2, -0.15) is 0 Å². The van der Waals surface area contributed by atoms with Crippen LogP contribution in [0.3, 0.4) is 0 Å². The van der Waals surface area contributed by atoms with Crippen LogP contribution >= 0.6 is 0 Å². The Kier molecular flexibility index (Phi) is 3.47. The van der Waals surface area contributed by atoms with E-state index in [2.05, 4.69) is 9.97 Å². The fourth-order valence-electron chi connectivity index (χ4n) is 2.12. The van der Waals surface area contributed by atoms with Crippen molar-refractivity contribution in [2.45, 2.75) is 12.5 Å². The zero-order valence-corrected chi connectivity index (χ0v) is 11.0. The molecule has 1 aromatic heterocycles. The van der Waals surface area contributed by atoms with Crippen molar-refractivity contribution in [3.63, 3.8) is 0 Å². The third kappa shape index (κ3) is 2.43. The molecule has 2 heterocycles. The lowest BCUT2D eigenvalue weighted by molar-refractivity contribution is -0.155. The van der Waals surface area contributed by atoms with Crippen LogP contribution in [-0.4, -0.2) is 60.2 Å². The van der Waals surface area contributed by atoms with Gasteiger partial charge in [0.2, 0.25) is 0 Å². The van der Waals surface area contributed by atoms with Crippen LogP contribution in [0.2, 0.25) is 0 Å².